The van der Waals surface area contributed by atoms with Crippen LogP contribution >= 0.6 is 34.5 Å². The molecule has 0 N–H and O–H groups in total. The number of thiazole rings is 1. The van der Waals surface area contributed by atoms with Crippen molar-refractivity contribution in [1.82, 2.24) is 4.57 Å². The molecule has 0 unspecified atom stereocenters. The molecular formula is C33H22Cl2N2O6S. The van der Waals surface area contributed by atoms with Gasteiger partial charge in [0.15, 0.2) is 16.3 Å². The first-order valence-electron chi connectivity index (χ1n) is 13.6. The van der Waals surface area contributed by atoms with Crippen molar-refractivity contribution >= 4 is 52.3 Å². The van der Waals surface area contributed by atoms with Crippen LogP contribution in [0.1, 0.15) is 29.9 Å². The van der Waals surface area contributed by atoms with Gasteiger partial charge in [-0.2, -0.15) is 0 Å². The number of hydrogen-bond acceptors (Lipinski definition) is 8. The fourth-order valence-electron chi connectivity index (χ4n) is 5.23. The molecule has 0 spiro atoms. The Kier molecular flexibility index (Phi) is 7.37. The predicted octanol–water partition coefficient (Wildman–Crippen LogP) is 6.23. The Labute approximate surface area is 264 Å². The molecule has 7 rings (SSSR count). The lowest BCUT2D eigenvalue weighted by Crippen LogP contribution is -2.40. The quantitative estimate of drug-likeness (QED) is 0.204. The van der Waals surface area contributed by atoms with E-state index in [1.807, 2.05) is 36.4 Å². The van der Waals surface area contributed by atoms with Gasteiger partial charge in [0.2, 0.25) is 6.79 Å². The second-order valence-electron chi connectivity index (χ2n) is 9.87. The molecule has 0 fully saturated rings. The monoisotopic (exact) mass is 644 g/mol. The molecule has 11 heteroatoms. The van der Waals surface area contributed by atoms with E-state index in [0.717, 1.165) is 5.56 Å². The van der Waals surface area contributed by atoms with E-state index in [4.69, 9.17) is 46.8 Å². The minimum atomic E-state index is -0.850. The first kappa shape index (κ1) is 28.2. The number of halogens is 2. The summed E-state index contributed by atoms with van der Waals surface area (Å²) >= 11 is 13.6. The van der Waals surface area contributed by atoms with Crippen LogP contribution in [0.15, 0.2) is 98.6 Å². The minimum Gasteiger partial charge on any atom is -0.463 e. The lowest BCUT2D eigenvalue weighted by atomic mass is 9.93. The van der Waals surface area contributed by atoms with Crippen molar-refractivity contribution in [2.24, 2.45) is 4.99 Å². The van der Waals surface area contributed by atoms with Crippen LogP contribution in [-0.4, -0.2) is 23.9 Å². The van der Waals surface area contributed by atoms with Gasteiger partial charge in [0.05, 0.1) is 33.5 Å². The number of hydrogen-bond donors (Lipinski definition) is 0. The Balaban J connectivity index is 1.43. The van der Waals surface area contributed by atoms with Gasteiger partial charge < -0.3 is 18.6 Å². The summed E-state index contributed by atoms with van der Waals surface area (Å²) in [5.74, 6) is 1.52. The van der Waals surface area contributed by atoms with Gasteiger partial charge >= 0.3 is 5.97 Å². The maximum absolute atomic E-state index is 14.1. The third-order valence-electron chi connectivity index (χ3n) is 7.18. The number of carbonyl (C=O) groups is 1. The molecule has 2 aliphatic heterocycles. The maximum atomic E-state index is 14.1. The summed E-state index contributed by atoms with van der Waals surface area (Å²) in [6, 6.07) is 22.6. The van der Waals surface area contributed by atoms with Crippen LogP contribution in [-0.2, 0) is 9.53 Å². The van der Waals surface area contributed by atoms with E-state index in [1.54, 1.807) is 55.5 Å². The Hall–Kier alpha value is -4.57. The molecule has 2 aromatic heterocycles. The first-order chi connectivity index (χ1) is 21.4. The van der Waals surface area contributed by atoms with Crippen LogP contribution in [0.4, 0.5) is 0 Å². The fraction of sp³-hybridized carbons (Fsp3) is 0.121. The van der Waals surface area contributed by atoms with Crippen molar-refractivity contribution in [1.29, 1.82) is 0 Å². The molecule has 0 radical (unpaired) electrons. The molecule has 3 aromatic carbocycles. The summed E-state index contributed by atoms with van der Waals surface area (Å²) in [6.45, 7) is 1.98. The van der Waals surface area contributed by atoms with Crippen LogP contribution in [0.25, 0.3) is 23.1 Å². The van der Waals surface area contributed by atoms with Gasteiger partial charge in [0.1, 0.15) is 11.5 Å². The van der Waals surface area contributed by atoms with E-state index in [2.05, 4.69) is 0 Å². The molecule has 4 heterocycles. The third-order valence-corrected chi connectivity index (χ3v) is 8.71. The predicted molar refractivity (Wildman–Crippen MR) is 168 cm³/mol. The molecule has 44 heavy (non-hydrogen) atoms. The number of fused-ring (bicyclic) bond motifs is 2. The standard InChI is InChI=1S/C33H22Cl2N2O6S/c1-2-40-32(39)28-29(18-6-4-3-5-7-18)36-33-37(30(28)19-8-12-25-26(14-19)42-17-41-25)31(38)27(44-33)16-21-10-13-24(43-21)22-11-9-20(34)15-23(22)35/h3-16,30H,2,17H2,1H3/b27-16-/t30-/m0/s1. The van der Waals surface area contributed by atoms with Crippen LogP contribution < -0.4 is 24.4 Å². The number of rotatable bonds is 6. The highest BCUT2D eigenvalue weighted by atomic mass is 35.5. The molecule has 8 nitrogen and oxygen atoms in total. The van der Waals surface area contributed by atoms with Crippen molar-refractivity contribution in [2.75, 3.05) is 13.4 Å². The average molecular weight is 646 g/mol. The number of nitrogens with zero attached hydrogens (tertiary/aromatic N) is 2. The first-order valence-corrected chi connectivity index (χ1v) is 15.2. The molecule has 5 aromatic rings. The number of benzene rings is 3. The molecular weight excluding hydrogens is 623 g/mol. The Bertz CT molecular complexity index is 2150. The van der Waals surface area contributed by atoms with Gasteiger partial charge in [-0.3, -0.25) is 9.36 Å². The summed E-state index contributed by atoms with van der Waals surface area (Å²) < 4.78 is 24.6. The molecule has 2 aliphatic rings. The van der Waals surface area contributed by atoms with Gasteiger partial charge in [-0.05, 0) is 55.0 Å². The van der Waals surface area contributed by atoms with E-state index in [1.165, 1.54) is 15.9 Å². The minimum absolute atomic E-state index is 0.0871. The average Bonchev–Trinajstić information content (AvgIpc) is 3.76. The number of carbonyl (C=O) groups excluding carboxylic acids is 1. The number of aromatic nitrogens is 1. The van der Waals surface area contributed by atoms with Crippen LogP contribution in [0.3, 0.4) is 0 Å². The zero-order valence-corrected chi connectivity index (χ0v) is 25.4. The highest BCUT2D eigenvalue weighted by molar-refractivity contribution is 7.07. The van der Waals surface area contributed by atoms with Gasteiger partial charge in [-0.25, -0.2) is 9.79 Å². The van der Waals surface area contributed by atoms with E-state index in [9.17, 15) is 9.59 Å². The van der Waals surface area contributed by atoms with Gasteiger partial charge in [-0.15, -0.1) is 0 Å². The second-order valence-corrected chi connectivity index (χ2v) is 11.7. The van der Waals surface area contributed by atoms with Gasteiger partial charge in [0, 0.05) is 22.2 Å². The topological polar surface area (TPSA) is 92.3 Å². The molecule has 0 aliphatic carbocycles. The Morgan fingerprint density at radius 3 is 2.66 bits per heavy atom. The second kappa shape index (κ2) is 11.5. The molecule has 0 amide bonds. The zero-order valence-electron chi connectivity index (χ0n) is 23.1. The lowest BCUT2D eigenvalue weighted by Gasteiger charge is -2.26. The van der Waals surface area contributed by atoms with Crippen molar-refractivity contribution in [2.45, 2.75) is 13.0 Å². The van der Waals surface area contributed by atoms with E-state index >= 15 is 0 Å². The van der Waals surface area contributed by atoms with E-state index in [-0.39, 0.29) is 24.5 Å². The number of ether oxygens (including phenoxy) is 3. The lowest BCUT2D eigenvalue weighted by molar-refractivity contribution is -0.138. The van der Waals surface area contributed by atoms with E-state index in [0.29, 0.717) is 59.2 Å². The Morgan fingerprint density at radius 1 is 1.05 bits per heavy atom. The van der Waals surface area contributed by atoms with Crippen LogP contribution in [0.5, 0.6) is 11.5 Å². The zero-order chi connectivity index (χ0) is 30.4. The van der Waals surface area contributed by atoms with Crippen LogP contribution in [0.2, 0.25) is 10.0 Å². The summed E-state index contributed by atoms with van der Waals surface area (Å²) in [4.78, 5) is 33.1. The van der Waals surface area contributed by atoms with Crippen LogP contribution in [0, 0.1) is 0 Å². The smallest absolute Gasteiger partial charge is 0.338 e. The molecule has 220 valence electrons. The molecule has 0 saturated heterocycles. The Morgan fingerprint density at radius 2 is 1.86 bits per heavy atom. The van der Waals surface area contributed by atoms with Crippen molar-refractivity contribution < 1.29 is 23.4 Å². The van der Waals surface area contributed by atoms with Gasteiger partial charge in [-0.1, -0.05) is 70.9 Å². The summed E-state index contributed by atoms with van der Waals surface area (Å²) in [5, 5.41) is 0.960. The maximum Gasteiger partial charge on any atom is 0.338 e. The summed E-state index contributed by atoms with van der Waals surface area (Å²) in [6.07, 6.45) is 1.66. The van der Waals surface area contributed by atoms with E-state index < -0.39 is 12.0 Å². The molecule has 0 bridgehead atoms. The number of esters is 1. The number of furan rings is 1. The molecule has 0 saturated carbocycles. The highest BCUT2D eigenvalue weighted by Crippen LogP contribution is 2.40. The SMILES string of the molecule is CCOC(=O)C1=C(c2ccccc2)N=c2s/c(=C\c3ccc(-c4ccc(Cl)cc4Cl)o3)c(=O)n2[C@H]1c1ccc2c(c1)OCO2. The third kappa shape index (κ3) is 5.02. The highest BCUT2D eigenvalue weighted by Gasteiger charge is 2.36. The largest absolute Gasteiger partial charge is 0.463 e. The van der Waals surface area contributed by atoms with Crippen molar-refractivity contribution in [3.63, 3.8) is 0 Å². The fourth-order valence-corrected chi connectivity index (χ4v) is 6.72. The molecule has 1 atom stereocenters. The summed E-state index contributed by atoms with van der Waals surface area (Å²) in [7, 11) is 0. The van der Waals surface area contributed by atoms with Crippen molar-refractivity contribution in [3.8, 4) is 22.8 Å². The van der Waals surface area contributed by atoms with Crippen molar-refractivity contribution in [3.05, 3.63) is 131 Å². The van der Waals surface area contributed by atoms with Gasteiger partial charge in [0.25, 0.3) is 5.56 Å². The summed E-state index contributed by atoms with van der Waals surface area (Å²) in [5.41, 5.74) is 2.37. The normalized spacial score (nSPS) is 15.7.